The molecule has 7 nitrogen and oxygen atoms in total. The first-order chi connectivity index (χ1) is 15.6. The maximum absolute atomic E-state index is 12.8. The van der Waals surface area contributed by atoms with Crippen molar-refractivity contribution < 1.29 is 14.3 Å². The summed E-state index contributed by atoms with van der Waals surface area (Å²) >= 11 is 0. The summed E-state index contributed by atoms with van der Waals surface area (Å²) in [4.78, 5) is 14.4. The molecular formula is C25H24N4O3. The molecule has 7 heteroatoms. The number of carbonyl (C=O) groups is 1. The maximum atomic E-state index is 12.8. The first-order valence-electron chi connectivity index (χ1n) is 10.8. The second-order valence-corrected chi connectivity index (χ2v) is 7.94. The van der Waals surface area contributed by atoms with E-state index in [4.69, 9.17) is 9.47 Å². The van der Waals surface area contributed by atoms with Crippen LogP contribution in [-0.4, -0.2) is 27.7 Å². The molecule has 2 heterocycles. The van der Waals surface area contributed by atoms with Crippen LogP contribution in [0.5, 0.6) is 11.5 Å². The van der Waals surface area contributed by atoms with E-state index in [-0.39, 0.29) is 12.7 Å². The Bertz CT molecular complexity index is 1290. The Balaban J connectivity index is 1.38. The number of hydrogen-bond acceptors (Lipinski definition) is 5. The second-order valence-electron chi connectivity index (χ2n) is 7.94. The van der Waals surface area contributed by atoms with Gasteiger partial charge >= 0.3 is 0 Å². The van der Waals surface area contributed by atoms with Crippen LogP contribution in [0.15, 0.2) is 54.6 Å². The first-order valence-corrected chi connectivity index (χ1v) is 10.8. The molecule has 0 saturated carbocycles. The van der Waals surface area contributed by atoms with Crippen LogP contribution in [0.2, 0.25) is 0 Å². The van der Waals surface area contributed by atoms with E-state index in [1.807, 2.05) is 31.2 Å². The Hall–Kier alpha value is -3.87. The molecular weight excluding hydrogens is 404 g/mol. The molecule has 0 fully saturated rings. The molecule has 5 rings (SSSR count). The number of hydrogen-bond donors (Lipinski definition) is 1. The van der Waals surface area contributed by atoms with Gasteiger partial charge in [-0.2, -0.15) is 4.80 Å². The summed E-state index contributed by atoms with van der Waals surface area (Å²) in [7, 11) is 0. The molecule has 3 aromatic carbocycles. The van der Waals surface area contributed by atoms with Gasteiger partial charge in [-0.05, 0) is 73.4 Å². The highest BCUT2D eigenvalue weighted by Crippen LogP contribution is 2.33. The minimum absolute atomic E-state index is 0.174. The predicted octanol–water partition coefficient (Wildman–Crippen LogP) is 5.05. The topological polar surface area (TPSA) is 78.3 Å². The van der Waals surface area contributed by atoms with Crippen LogP contribution in [0.4, 0.5) is 5.69 Å². The number of anilines is 1. The van der Waals surface area contributed by atoms with E-state index in [2.05, 4.69) is 34.6 Å². The van der Waals surface area contributed by atoms with Crippen molar-refractivity contribution in [1.29, 1.82) is 0 Å². The standard InChI is InChI=1S/C25H24N4O3/c1-3-4-5-17-6-9-19(10-7-17)29-27-21-12-16(2)20(14-22(21)28-29)26-25(30)18-8-11-23-24(13-18)32-15-31-23/h6-14H,3-5,15H2,1-2H3,(H,26,30). The van der Waals surface area contributed by atoms with E-state index < -0.39 is 0 Å². The van der Waals surface area contributed by atoms with E-state index in [1.54, 1.807) is 23.0 Å². The van der Waals surface area contributed by atoms with Crippen LogP contribution in [-0.2, 0) is 6.42 Å². The van der Waals surface area contributed by atoms with Crippen LogP contribution in [0.1, 0.15) is 41.3 Å². The second kappa shape index (κ2) is 8.34. The molecule has 0 bridgehead atoms. The lowest BCUT2D eigenvalue weighted by Gasteiger charge is -2.08. The zero-order valence-electron chi connectivity index (χ0n) is 18.1. The lowest BCUT2D eigenvalue weighted by atomic mass is 10.1. The van der Waals surface area contributed by atoms with Gasteiger partial charge in [0, 0.05) is 11.3 Å². The molecule has 162 valence electrons. The molecule has 1 N–H and O–H groups in total. The van der Waals surface area contributed by atoms with E-state index >= 15 is 0 Å². The number of benzene rings is 3. The van der Waals surface area contributed by atoms with E-state index in [9.17, 15) is 4.79 Å². The third kappa shape index (κ3) is 3.89. The smallest absolute Gasteiger partial charge is 0.255 e. The highest BCUT2D eigenvalue weighted by molar-refractivity contribution is 6.05. The molecule has 0 saturated heterocycles. The van der Waals surface area contributed by atoms with Crippen molar-refractivity contribution >= 4 is 22.6 Å². The summed E-state index contributed by atoms with van der Waals surface area (Å²) in [5, 5.41) is 12.2. The van der Waals surface area contributed by atoms with Crippen molar-refractivity contribution in [1.82, 2.24) is 15.0 Å². The summed E-state index contributed by atoms with van der Waals surface area (Å²) in [6.07, 6.45) is 3.45. The van der Waals surface area contributed by atoms with Crippen molar-refractivity contribution in [3.63, 3.8) is 0 Å². The number of unbranched alkanes of at least 4 members (excludes halogenated alkanes) is 1. The number of carbonyl (C=O) groups excluding carboxylic acids is 1. The fourth-order valence-corrected chi connectivity index (χ4v) is 3.73. The fourth-order valence-electron chi connectivity index (χ4n) is 3.73. The quantitative estimate of drug-likeness (QED) is 0.465. The van der Waals surface area contributed by atoms with Crippen LogP contribution < -0.4 is 14.8 Å². The van der Waals surface area contributed by atoms with Gasteiger partial charge in [-0.25, -0.2) is 0 Å². The van der Waals surface area contributed by atoms with Gasteiger partial charge in [0.1, 0.15) is 11.0 Å². The lowest BCUT2D eigenvalue weighted by Crippen LogP contribution is -2.12. The summed E-state index contributed by atoms with van der Waals surface area (Å²) in [5.74, 6) is 1.00. The molecule has 0 atom stereocenters. The number of nitrogens with zero attached hydrogens (tertiary/aromatic N) is 3. The predicted molar refractivity (Wildman–Crippen MR) is 123 cm³/mol. The Morgan fingerprint density at radius 3 is 2.53 bits per heavy atom. The lowest BCUT2D eigenvalue weighted by molar-refractivity contribution is 0.102. The van der Waals surface area contributed by atoms with Crippen molar-refractivity contribution in [2.24, 2.45) is 0 Å². The molecule has 0 radical (unpaired) electrons. The molecule has 1 aromatic heterocycles. The number of aryl methyl sites for hydroxylation is 2. The molecule has 1 aliphatic rings. The first kappa shape index (κ1) is 20.1. The highest BCUT2D eigenvalue weighted by atomic mass is 16.7. The molecule has 0 aliphatic carbocycles. The van der Waals surface area contributed by atoms with Gasteiger partial charge in [-0.3, -0.25) is 4.79 Å². The Morgan fingerprint density at radius 1 is 1.00 bits per heavy atom. The average molecular weight is 428 g/mol. The summed E-state index contributed by atoms with van der Waals surface area (Å²) in [6.45, 7) is 4.31. The van der Waals surface area contributed by atoms with Crippen molar-refractivity contribution in [2.75, 3.05) is 12.1 Å². The van der Waals surface area contributed by atoms with Crippen molar-refractivity contribution in [3.8, 4) is 17.2 Å². The van der Waals surface area contributed by atoms with Gasteiger partial charge in [0.25, 0.3) is 5.91 Å². The minimum Gasteiger partial charge on any atom is -0.454 e. The molecule has 0 spiro atoms. The van der Waals surface area contributed by atoms with E-state index in [1.165, 1.54) is 18.4 Å². The fraction of sp³-hybridized carbons (Fsp3) is 0.240. The largest absolute Gasteiger partial charge is 0.454 e. The molecule has 0 unspecified atom stereocenters. The molecule has 1 aliphatic heterocycles. The van der Waals surface area contributed by atoms with Gasteiger partial charge in [0.15, 0.2) is 11.5 Å². The number of ether oxygens (including phenoxy) is 2. The number of amides is 1. The van der Waals surface area contributed by atoms with E-state index in [0.717, 1.165) is 23.2 Å². The highest BCUT2D eigenvalue weighted by Gasteiger charge is 2.17. The summed E-state index contributed by atoms with van der Waals surface area (Å²) in [6, 6.07) is 17.3. The van der Waals surface area contributed by atoms with Crippen LogP contribution in [0.25, 0.3) is 16.7 Å². The van der Waals surface area contributed by atoms with Crippen LogP contribution in [0.3, 0.4) is 0 Å². The number of nitrogens with one attached hydrogen (secondary N) is 1. The molecule has 4 aromatic rings. The van der Waals surface area contributed by atoms with Gasteiger partial charge in [0.05, 0.1) is 5.69 Å². The molecule has 32 heavy (non-hydrogen) atoms. The maximum Gasteiger partial charge on any atom is 0.255 e. The van der Waals surface area contributed by atoms with Gasteiger partial charge < -0.3 is 14.8 Å². The summed E-state index contributed by atoms with van der Waals surface area (Å²) in [5.41, 5.74) is 5.82. The van der Waals surface area contributed by atoms with Gasteiger partial charge in [-0.1, -0.05) is 25.5 Å². The van der Waals surface area contributed by atoms with Gasteiger partial charge in [0.2, 0.25) is 6.79 Å². The minimum atomic E-state index is -0.221. The van der Waals surface area contributed by atoms with Crippen molar-refractivity contribution in [3.05, 3.63) is 71.3 Å². The Labute approximate surface area is 186 Å². The molecule has 1 amide bonds. The Morgan fingerprint density at radius 2 is 1.75 bits per heavy atom. The monoisotopic (exact) mass is 428 g/mol. The number of fused-ring (bicyclic) bond motifs is 2. The number of aromatic nitrogens is 3. The average Bonchev–Trinajstić information content (AvgIpc) is 3.44. The third-order valence-electron chi connectivity index (χ3n) is 5.60. The van der Waals surface area contributed by atoms with Gasteiger partial charge in [-0.15, -0.1) is 10.2 Å². The zero-order chi connectivity index (χ0) is 22.1. The number of rotatable bonds is 6. The van der Waals surface area contributed by atoms with Crippen LogP contribution >= 0.6 is 0 Å². The zero-order valence-corrected chi connectivity index (χ0v) is 18.1. The van der Waals surface area contributed by atoms with Crippen molar-refractivity contribution in [2.45, 2.75) is 33.1 Å². The van der Waals surface area contributed by atoms with E-state index in [0.29, 0.717) is 28.3 Å². The Kier molecular flexibility index (Phi) is 5.23. The summed E-state index contributed by atoms with van der Waals surface area (Å²) < 4.78 is 10.7. The SMILES string of the molecule is CCCCc1ccc(-n2nc3cc(C)c(NC(=O)c4ccc5c(c4)OCO5)cc3n2)cc1. The van der Waals surface area contributed by atoms with Crippen LogP contribution in [0, 0.1) is 6.92 Å². The normalized spacial score (nSPS) is 12.3. The third-order valence-corrected chi connectivity index (χ3v) is 5.60.